The Morgan fingerprint density at radius 1 is 1.18 bits per heavy atom. The fourth-order valence-electron chi connectivity index (χ4n) is 4.57. The first-order valence-electron chi connectivity index (χ1n) is 10.7. The molecule has 1 N–H and O–H groups in total. The van der Waals surface area contributed by atoms with E-state index in [0.717, 1.165) is 70.3 Å². The molecule has 0 aromatic heterocycles. The van der Waals surface area contributed by atoms with Gasteiger partial charge in [0.15, 0.2) is 0 Å². The molecule has 1 saturated carbocycles. The third kappa shape index (κ3) is 4.84. The number of nitrogens with zero attached hydrogens (tertiary/aromatic N) is 2. The number of ether oxygens (including phenoxy) is 1. The number of likely N-dealkylation sites (tertiary alicyclic amines) is 2. The average Bonchev–Trinajstić information content (AvgIpc) is 3.54. The molecule has 1 aliphatic carbocycles. The second kappa shape index (κ2) is 8.78. The van der Waals surface area contributed by atoms with Crippen LogP contribution in [0.5, 0.6) is 5.75 Å². The molecule has 28 heavy (non-hydrogen) atoms. The number of benzene rings is 1. The van der Waals surface area contributed by atoms with Crippen LogP contribution in [0.2, 0.25) is 0 Å². The van der Waals surface area contributed by atoms with Gasteiger partial charge >= 0.3 is 0 Å². The van der Waals surface area contributed by atoms with E-state index in [2.05, 4.69) is 15.1 Å². The van der Waals surface area contributed by atoms with Crippen LogP contribution in [-0.4, -0.2) is 61.1 Å². The summed E-state index contributed by atoms with van der Waals surface area (Å²) in [5.74, 6) is 0.785. The Hall–Kier alpha value is -1.66. The van der Waals surface area contributed by atoms with Crippen LogP contribution in [0, 0.1) is 11.7 Å². The molecule has 0 spiro atoms. The highest BCUT2D eigenvalue weighted by Gasteiger charge is 2.33. The third-order valence-electron chi connectivity index (χ3n) is 6.48. The number of hydrogen-bond acceptors (Lipinski definition) is 4. The van der Waals surface area contributed by atoms with Crippen LogP contribution in [-0.2, 0) is 11.3 Å². The molecule has 1 aromatic carbocycles. The lowest BCUT2D eigenvalue weighted by Gasteiger charge is -2.42. The van der Waals surface area contributed by atoms with Gasteiger partial charge in [0.25, 0.3) is 0 Å². The second-order valence-electron chi connectivity index (χ2n) is 8.58. The minimum absolute atomic E-state index is 0.153. The Labute approximate surface area is 167 Å². The zero-order chi connectivity index (χ0) is 19.5. The van der Waals surface area contributed by atoms with Crippen molar-refractivity contribution in [3.63, 3.8) is 0 Å². The summed E-state index contributed by atoms with van der Waals surface area (Å²) in [7, 11) is 1.56. The zero-order valence-corrected chi connectivity index (χ0v) is 16.8. The molecule has 5 nitrogen and oxygen atoms in total. The Kier molecular flexibility index (Phi) is 6.16. The van der Waals surface area contributed by atoms with Crippen LogP contribution in [0.25, 0.3) is 0 Å². The Bertz CT molecular complexity index is 686. The normalized spacial score (nSPS) is 24.9. The highest BCUT2D eigenvalue weighted by atomic mass is 19.1. The van der Waals surface area contributed by atoms with Gasteiger partial charge in [-0.1, -0.05) is 6.07 Å². The maximum Gasteiger partial charge on any atom is 0.224 e. The van der Waals surface area contributed by atoms with Crippen LogP contribution in [0.1, 0.15) is 44.1 Å². The van der Waals surface area contributed by atoms with Crippen LogP contribution in [0.3, 0.4) is 0 Å². The van der Waals surface area contributed by atoms with Gasteiger partial charge in [-0.3, -0.25) is 14.6 Å². The van der Waals surface area contributed by atoms with Crippen LogP contribution >= 0.6 is 0 Å². The van der Waals surface area contributed by atoms with Crippen molar-refractivity contribution in [3.05, 3.63) is 29.6 Å². The van der Waals surface area contributed by atoms with Crippen molar-refractivity contribution in [2.24, 2.45) is 5.92 Å². The standard InChI is InChI=1S/C22H32FN3O2/c1-28-20-7-4-16(21(23)13-20)14-25-11-8-19(9-12-25)26-10-2-3-17(15-26)22(27)24-18-5-6-18/h4,7,13,17-19H,2-3,5-6,8-12,14-15H2,1H3,(H,24,27). The summed E-state index contributed by atoms with van der Waals surface area (Å²) in [6.07, 6.45) is 6.61. The fourth-order valence-corrected chi connectivity index (χ4v) is 4.57. The van der Waals surface area contributed by atoms with E-state index in [1.165, 1.54) is 6.07 Å². The van der Waals surface area contributed by atoms with Gasteiger partial charge in [-0.25, -0.2) is 4.39 Å². The van der Waals surface area contributed by atoms with Crippen molar-refractivity contribution < 1.29 is 13.9 Å². The molecule has 1 atom stereocenters. The molecule has 154 valence electrons. The van der Waals surface area contributed by atoms with E-state index in [9.17, 15) is 9.18 Å². The molecule has 1 unspecified atom stereocenters. The van der Waals surface area contributed by atoms with Gasteiger partial charge in [0, 0.05) is 36.8 Å². The van der Waals surface area contributed by atoms with Gasteiger partial charge in [-0.05, 0) is 64.2 Å². The minimum atomic E-state index is -0.193. The SMILES string of the molecule is COc1ccc(CN2CCC(N3CCCC(C(=O)NC4CC4)C3)CC2)c(F)c1. The van der Waals surface area contributed by atoms with Gasteiger partial charge in [0.2, 0.25) is 5.91 Å². The van der Waals surface area contributed by atoms with E-state index in [-0.39, 0.29) is 17.6 Å². The number of nitrogens with one attached hydrogen (secondary N) is 1. The number of carbonyl (C=O) groups excluding carboxylic acids is 1. The predicted molar refractivity (Wildman–Crippen MR) is 107 cm³/mol. The number of carbonyl (C=O) groups is 1. The number of halogens is 1. The summed E-state index contributed by atoms with van der Waals surface area (Å²) < 4.78 is 19.3. The quantitative estimate of drug-likeness (QED) is 0.813. The number of piperidine rings is 2. The number of amides is 1. The molecule has 1 amide bonds. The highest BCUT2D eigenvalue weighted by Crippen LogP contribution is 2.27. The summed E-state index contributed by atoms with van der Waals surface area (Å²) >= 11 is 0. The van der Waals surface area contributed by atoms with Crippen molar-refractivity contribution in [3.8, 4) is 5.75 Å². The second-order valence-corrected chi connectivity index (χ2v) is 8.58. The van der Waals surface area contributed by atoms with Gasteiger partial charge in [0.05, 0.1) is 13.0 Å². The molecular formula is C22H32FN3O2. The van der Waals surface area contributed by atoms with Crippen molar-refractivity contribution in [2.75, 3.05) is 33.3 Å². The Morgan fingerprint density at radius 2 is 1.96 bits per heavy atom. The first kappa shape index (κ1) is 19.6. The first-order valence-corrected chi connectivity index (χ1v) is 10.7. The van der Waals surface area contributed by atoms with E-state index in [0.29, 0.717) is 24.4 Å². The fraction of sp³-hybridized carbons (Fsp3) is 0.682. The average molecular weight is 390 g/mol. The van der Waals surface area contributed by atoms with E-state index >= 15 is 0 Å². The monoisotopic (exact) mass is 389 g/mol. The molecule has 3 fully saturated rings. The third-order valence-corrected chi connectivity index (χ3v) is 6.48. The van der Waals surface area contributed by atoms with Crippen molar-refractivity contribution in [1.82, 2.24) is 15.1 Å². The predicted octanol–water partition coefficient (Wildman–Crippen LogP) is 2.79. The number of hydrogen-bond donors (Lipinski definition) is 1. The molecule has 0 radical (unpaired) electrons. The summed E-state index contributed by atoms with van der Waals surface area (Å²) in [6, 6.07) is 6.11. The van der Waals surface area contributed by atoms with E-state index in [4.69, 9.17) is 4.74 Å². The number of methoxy groups -OCH3 is 1. The lowest BCUT2D eigenvalue weighted by atomic mass is 9.93. The lowest BCUT2D eigenvalue weighted by molar-refractivity contribution is -0.127. The first-order chi connectivity index (χ1) is 13.6. The van der Waals surface area contributed by atoms with Gasteiger partial charge in [0.1, 0.15) is 11.6 Å². The van der Waals surface area contributed by atoms with Crippen molar-refractivity contribution in [1.29, 1.82) is 0 Å². The lowest BCUT2D eigenvalue weighted by Crippen LogP contribution is -2.50. The zero-order valence-electron chi connectivity index (χ0n) is 16.8. The van der Waals surface area contributed by atoms with Gasteiger partial charge in [-0.15, -0.1) is 0 Å². The maximum absolute atomic E-state index is 14.2. The molecule has 2 aliphatic heterocycles. The largest absolute Gasteiger partial charge is 0.497 e. The van der Waals surface area contributed by atoms with E-state index in [1.54, 1.807) is 7.11 Å². The molecule has 2 heterocycles. The molecule has 6 heteroatoms. The van der Waals surface area contributed by atoms with Crippen molar-refractivity contribution in [2.45, 2.75) is 57.2 Å². The van der Waals surface area contributed by atoms with Crippen LogP contribution in [0.4, 0.5) is 4.39 Å². The summed E-state index contributed by atoms with van der Waals surface area (Å²) in [5, 5.41) is 3.18. The van der Waals surface area contributed by atoms with Crippen molar-refractivity contribution >= 4 is 5.91 Å². The minimum Gasteiger partial charge on any atom is -0.497 e. The Balaban J connectivity index is 1.26. The van der Waals surface area contributed by atoms with Crippen LogP contribution in [0.15, 0.2) is 18.2 Å². The van der Waals surface area contributed by atoms with E-state index < -0.39 is 0 Å². The van der Waals surface area contributed by atoms with Gasteiger partial charge in [-0.2, -0.15) is 0 Å². The smallest absolute Gasteiger partial charge is 0.224 e. The molecule has 1 aromatic rings. The van der Waals surface area contributed by atoms with Crippen LogP contribution < -0.4 is 10.1 Å². The van der Waals surface area contributed by atoms with Gasteiger partial charge < -0.3 is 10.1 Å². The number of rotatable bonds is 6. The molecule has 4 rings (SSSR count). The highest BCUT2D eigenvalue weighted by molar-refractivity contribution is 5.79. The summed E-state index contributed by atoms with van der Waals surface area (Å²) in [6.45, 7) is 4.60. The topological polar surface area (TPSA) is 44.8 Å². The molecule has 3 aliphatic rings. The molecular weight excluding hydrogens is 357 g/mol. The molecule has 2 saturated heterocycles. The summed E-state index contributed by atoms with van der Waals surface area (Å²) in [5.41, 5.74) is 0.731. The molecule has 0 bridgehead atoms. The summed E-state index contributed by atoms with van der Waals surface area (Å²) in [4.78, 5) is 17.3. The van der Waals surface area contributed by atoms with E-state index in [1.807, 2.05) is 12.1 Å². The Morgan fingerprint density at radius 3 is 2.64 bits per heavy atom. The maximum atomic E-state index is 14.2.